The Kier molecular flexibility index (Phi) is 11.9. The van der Waals surface area contributed by atoms with Gasteiger partial charge in [0.1, 0.15) is 12.6 Å². The van der Waals surface area contributed by atoms with Gasteiger partial charge in [0, 0.05) is 18.1 Å². The van der Waals surface area contributed by atoms with Crippen molar-refractivity contribution >= 4 is 62.3 Å². The summed E-state index contributed by atoms with van der Waals surface area (Å²) in [5, 5.41) is 3.96. The van der Waals surface area contributed by atoms with Gasteiger partial charge < -0.3 is 10.2 Å². The van der Waals surface area contributed by atoms with Crippen LogP contribution in [0.5, 0.6) is 0 Å². The maximum atomic E-state index is 14.1. The minimum atomic E-state index is -4.18. The number of nitrogens with one attached hydrogen (secondary N) is 1. The van der Waals surface area contributed by atoms with E-state index in [1.165, 1.54) is 29.2 Å². The number of carbonyl (C=O) groups is 2. The summed E-state index contributed by atoms with van der Waals surface area (Å²) in [5.74, 6) is -0.857. The summed E-state index contributed by atoms with van der Waals surface area (Å²) in [6, 6.07) is 16.8. The first kappa shape index (κ1) is 32.7. The summed E-state index contributed by atoms with van der Waals surface area (Å²) in [5.41, 5.74) is 1.79. The molecule has 0 aliphatic heterocycles. The number of unbranched alkanes of at least 4 members (excludes halogenated alkanes) is 1. The number of nitrogens with zero attached hydrogens (tertiary/aromatic N) is 2. The fourth-order valence-electron chi connectivity index (χ4n) is 4.31. The van der Waals surface area contributed by atoms with E-state index in [0.717, 1.165) is 22.7 Å². The third kappa shape index (κ3) is 8.61. The van der Waals surface area contributed by atoms with E-state index in [9.17, 15) is 18.0 Å². The molecule has 0 radical (unpaired) electrons. The van der Waals surface area contributed by atoms with Crippen molar-refractivity contribution in [3.05, 3.63) is 92.9 Å². The van der Waals surface area contributed by atoms with Gasteiger partial charge in [-0.15, -0.1) is 0 Å². The van der Waals surface area contributed by atoms with Crippen LogP contribution in [-0.4, -0.2) is 44.3 Å². The largest absolute Gasteiger partial charge is 0.354 e. The van der Waals surface area contributed by atoms with E-state index in [-0.39, 0.29) is 17.3 Å². The molecular formula is C30H34Cl3N3O4S. The zero-order valence-electron chi connectivity index (χ0n) is 23.2. The van der Waals surface area contributed by atoms with E-state index >= 15 is 0 Å². The van der Waals surface area contributed by atoms with Gasteiger partial charge in [-0.3, -0.25) is 13.9 Å². The Balaban J connectivity index is 2.05. The van der Waals surface area contributed by atoms with Crippen LogP contribution in [-0.2, 0) is 26.2 Å². The van der Waals surface area contributed by atoms with Crippen LogP contribution in [0.1, 0.15) is 44.2 Å². The second-order valence-corrected chi connectivity index (χ2v) is 12.8. The first-order valence-electron chi connectivity index (χ1n) is 13.3. The lowest BCUT2D eigenvalue weighted by Gasteiger charge is -2.33. The molecule has 0 aliphatic carbocycles. The normalized spacial score (nSPS) is 12.0. The van der Waals surface area contributed by atoms with Gasteiger partial charge >= 0.3 is 0 Å². The maximum Gasteiger partial charge on any atom is 0.264 e. The highest BCUT2D eigenvalue weighted by molar-refractivity contribution is 7.92. The fourth-order valence-corrected chi connectivity index (χ4v) is 6.16. The molecular weight excluding hydrogens is 605 g/mol. The smallest absolute Gasteiger partial charge is 0.264 e. The molecule has 0 aromatic heterocycles. The molecule has 3 aromatic rings. The summed E-state index contributed by atoms with van der Waals surface area (Å²) in [4.78, 5) is 28.7. The van der Waals surface area contributed by atoms with E-state index in [1.54, 1.807) is 36.4 Å². The van der Waals surface area contributed by atoms with Gasteiger partial charge in [-0.05, 0) is 79.4 Å². The Morgan fingerprint density at radius 3 is 2.24 bits per heavy atom. The molecule has 0 spiro atoms. The predicted octanol–water partition coefficient (Wildman–Crippen LogP) is 6.87. The summed E-state index contributed by atoms with van der Waals surface area (Å²) < 4.78 is 28.9. The molecule has 0 fully saturated rings. The second kappa shape index (κ2) is 14.9. The molecule has 0 bridgehead atoms. The van der Waals surface area contributed by atoms with Gasteiger partial charge in [-0.2, -0.15) is 0 Å². The van der Waals surface area contributed by atoms with Crippen LogP contribution in [0, 0.1) is 6.92 Å². The minimum absolute atomic E-state index is 0.0170. The second-order valence-electron chi connectivity index (χ2n) is 9.64. The number of halogens is 3. The highest BCUT2D eigenvalue weighted by atomic mass is 35.5. The molecule has 3 rings (SSSR count). The molecule has 0 aliphatic rings. The number of benzene rings is 3. The number of rotatable bonds is 13. The number of hydrogen-bond donors (Lipinski definition) is 1. The number of hydrogen-bond acceptors (Lipinski definition) is 4. The van der Waals surface area contributed by atoms with Gasteiger partial charge in [0.15, 0.2) is 0 Å². The van der Waals surface area contributed by atoms with Crippen LogP contribution < -0.4 is 9.62 Å². The quantitative estimate of drug-likeness (QED) is 0.207. The predicted molar refractivity (Wildman–Crippen MR) is 166 cm³/mol. The molecule has 11 heteroatoms. The van der Waals surface area contributed by atoms with Crippen LogP contribution in [0.25, 0.3) is 0 Å². The summed E-state index contributed by atoms with van der Waals surface area (Å²) in [6.45, 7) is 5.63. The third-order valence-corrected chi connectivity index (χ3v) is 9.30. The standard InChI is InChI=1S/C30H34Cl3N3O4S/c1-4-6-16-34-30(38)28(5-2)35(19-22-10-15-26(32)27(33)18-22)29(37)20-36(24-9-7-8-21(3)17-24)41(39,40)25-13-11-23(31)12-14-25/h7-15,17-18,28H,4-6,16,19-20H2,1-3H3,(H,34,38). The van der Waals surface area contributed by atoms with Crippen molar-refractivity contribution in [2.75, 3.05) is 17.4 Å². The number of carbonyl (C=O) groups excluding carboxylic acids is 2. The molecule has 3 aromatic carbocycles. The molecule has 7 nitrogen and oxygen atoms in total. The Labute approximate surface area is 257 Å². The maximum absolute atomic E-state index is 14.1. The number of anilines is 1. The zero-order valence-corrected chi connectivity index (χ0v) is 26.3. The molecule has 0 saturated heterocycles. The minimum Gasteiger partial charge on any atom is -0.354 e. The summed E-state index contributed by atoms with van der Waals surface area (Å²) in [7, 11) is -4.18. The lowest BCUT2D eigenvalue weighted by atomic mass is 10.1. The van der Waals surface area contributed by atoms with Crippen LogP contribution in [0.15, 0.2) is 71.6 Å². The van der Waals surface area contributed by atoms with Crippen molar-refractivity contribution in [1.29, 1.82) is 0 Å². The number of sulfonamides is 1. The van der Waals surface area contributed by atoms with Crippen LogP contribution >= 0.6 is 34.8 Å². The van der Waals surface area contributed by atoms with Gasteiger partial charge in [-0.1, -0.05) is 73.3 Å². The Morgan fingerprint density at radius 1 is 0.927 bits per heavy atom. The highest BCUT2D eigenvalue weighted by Gasteiger charge is 2.33. The average molecular weight is 639 g/mol. The van der Waals surface area contributed by atoms with Gasteiger partial charge in [0.25, 0.3) is 10.0 Å². The van der Waals surface area contributed by atoms with E-state index in [1.807, 2.05) is 26.8 Å². The fraction of sp³-hybridized carbons (Fsp3) is 0.333. The Bertz CT molecular complexity index is 1470. The molecule has 0 saturated carbocycles. The van der Waals surface area contributed by atoms with Crippen molar-refractivity contribution in [3.63, 3.8) is 0 Å². The van der Waals surface area contributed by atoms with Crippen LogP contribution in [0.2, 0.25) is 15.1 Å². The van der Waals surface area contributed by atoms with E-state index in [4.69, 9.17) is 34.8 Å². The van der Waals surface area contributed by atoms with E-state index in [0.29, 0.717) is 39.3 Å². The molecule has 1 N–H and O–H groups in total. The van der Waals surface area contributed by atoms with E-state index in [2.05, 4.69) is 5.32 Å². The molecule has 41 heavy (non-hydrogen) atoms. The molecule has 1 atom stereocenters. The Hall–Kier alpha value is -2.78. The number of amides is 2. The van der Waals surface area contributed by atoms with Crippen molar-refractivity contribution < 1.29 is 18.0 Å². The number of aryl methyl sites for hydroxylation is 1. The average Bonchev–Trinajstić information content (AvgIpc) is 2.93. The highest BCUT2D eigenvalue weighted by Crippen LogP contribution is 2.27. The first-order valence-corrected chi connectivity index (χ1v) is 15.9. The Morgan fingerprint density at radius 2 is 1.63 bits per heavy atom. The SMILES string of the molecule is CCCCNC(=O)C(CC)N(Cc1ccc(Cl)c(Cl)c1)C(=O)CN(c1cccc(C)c1)S(=O)(=O)c1ccc(Cl)cc1. The van der Waals surface area contributed by atoms with E-state index < -0.39 is 28.5 Å². The molecule has 220 valence electrons. The third-order valence-electron chi connectivity index (χ3n) is 6.52. The van der Waals surface area contributed by atoms with Crippen molar-refractivity contribution in [2.45, 2.75) is 57.5 Å². The van der Waals surface area contributed by atoms with Gasteiger partial charge in [0.2, 0.25) is 11.8 Å². The monoisotopic (exact) mass is 637 g/mol. The van der Waals surface area contributed by atoms with Gasteiger partial charge in [0.05, 0.1) is 20.6 Å². The van der Waals surface area contributed by atoms with Gasteiger partial charge in [-0.25, -0.2) is 8.42 Å². The topological polar surface area (TPSA) is 86.8 Å². The van der Waals surface area contributed by atoms with Crippen molar-refractivity contribution in [1.82, 2.24) is 10.2 Å². The van der Waals surface area contributed by atoms with Crippen molar-refractivity contribution in [2.24, 2.45) is 0 Å². The summed E-state index contributed by atoms with van der Waals surface area (Å²) >= 11 is 18.3. The molecule has 0 heterocycles. The van der Waals surface area contributed by atoms with Crippen LogP contribution in [0.4, 0.5) is 5.69 Å². The molecule has 1 unspecified atom stereocenters. The first-order chi connectivity index (χ1) is 19.5. The lowest BCUT2D eigenvalue weighted by Crippen LogP contribution is -2.52. The zero-order chi connectivity index (χ0) is 30.2. The molecule has 2 amide bonds. The van der Waals surface area contributed by atoms with Crippen LogP contribution in [0.3, 0.4) is 0 Å². The lowest BCUT2D eigenvalue weighted by molar-refractivity contribution is -0.140. The summed E-state index contributed by atoms with van der Waals surface area (Å²) in [6.07, 6.45) is 2.01. The van der Waals surface area contributed by atoms with Crippen molar-refractivity contribution in [3.8, 4) is 0 Å².